The molecule has 0 aromatic rings. The van der Waals surface area contributed by atoms with E-state index in [1.807, 2.05) is 0 Å². The molecule has 0 aromatic carbocycles. The number of carbonyl (C=O) groups excluding carboxylic acids is 1. The SMILES string of the molecule is NCC1CCCC1C(=O)NCC1CC1. The largest absolute Gasteiger partial charge is 0.356 e. The monoisotopic (exact) mass is 196 g/mol. The van der Waals surface area contributed by atoms with Crippen molar-refractivity contribution in [1.29, 1.82) is 0 Å². The maximum absolute atomic E-state index is 11.8. The quantitative estimate of drug-likeness (QED) is 0.701. The van der Waals surface area contributed by atoms with Crippen molar-refractivity contribution >= 4 is 5.91 Å². The van der Waals surface area contributed by atoms with Gasteiger partial charge < -0.3 is 11.1 Å². The van der Waals surface area contributed by atoms with Gasteiger partial charge in [0, 0.05) is 12.5 Å². The Bertz CT molecular complexity index is 213. The highest BCUT2D eigenvalue weighted by Gasteiger charge is 2.32. The summed E-state index contributed by atoms with van der Waals surface area (Å²) < 4.78 is 0. The molecule has 14 heavy (non-hydrogen) atoms. The van der Waals surface area contributed by atoms with Gasteiger partial charge in [-0.25, -0.2) is 0 Å². The molecule has 0 aliphatic heterocycles. The highest BCUT2D eigenvalue weighted by atomic mass is 16.1. The zero-order chi connectivity index (χ0) is 9.97. The van der Waals surface area contributed by atoms with Crippen molar-refractivity contribution in [3.8, 4) is 0 Å². The Kier molecular flexibility index (Phi) is 3.06. The molecule has 3 heteroatoms. The summed E-state index contributed by atoms with van der Waals surface area (Å²) in [5.74, 6) is 1.68. The molecule has 80 valence electrons. The molecule has 2 aliphatic carbocycles. The third kappa shape index (κ3) is 2.27. The van der Waals surface area contributed by atoms with Crippen molar-refractivity contribution in [2.45, 2.75) is 32.1 Å². The molecule has 2 fully saturated rings. The molecule has 0 saturated heterocycles. The van der Waals surface area contributed by atoms with E-state index in [0.717, 1.165) is 25.3 Å². The first kappa shape index (κ1) is 9.97. The predicted molar refractivity (Wildman–Crippen MR) is 55.6 cm³/mol. The van der Waals surface area contributed by atoms with Crippen molar-refractivity contribution in [3.05, 3.63) is 0 Å². The van der Waals surface area contributed by atoms with Crippen LogP contribution in [0.15, 0.2) is 0 Å². The average Bonchev–Trinajstić information content (AvgIpc) is 2.90. The standard InChI is InChI=1S/C11H20N2O/c12-6-9-2-1-3-10(9)11(14)13-7-8-4-5-8/h8-10H,1-7,12H2,(H,13,14). The van der Waals surface area contributed by atoms with Crippen molar-refractivity contribution in [2.24, 2.45) is 23.5 Å². The highest BCUT2D eigenvalue weighted by molar-refractivity contribution is 5.79. The highest BCUT2D eigenvalue weighted by Crippen LogP contribution is 2.32. The van der Waals surface area contributed by atoms with Crippen LogP contribution < -0.4 is 11.1 Å². The molecule has 0 bridgehead atoms. The zero-order valence-corrected chi connectivity index (χ0v) is 8.67. The van der Waals surface area contributed by atoms with Crippen LogP contribution in [0.4, 0.5) is 0 Å². The van der Waals surface area contributed by atoms with Gasteiger partial charge in [-0.3, -0.25) is 4.79 Å². The van der Waals surface area contributed by atoms with Crippen LogP contribution in [0, 0.1) is 17.8 Å². The average molecular weight is 196 g/mol. The fraction of sp³-hybridized carbons (Fsp3) is 0.909. The fourth-order valence-corrected chi connectivity index (χ4v) is 2.36. The summed E-state index contributed by atoms with van der Waals surface area (Å²) >= 11 is 0. The Morgan fingerprint density at radius 3 is 2.71 bits per heavy atom. The van der Waals surface area contributed by atoms with Gasteiger partial charge in [-0.2, -0.15) is 0 Å². The summed E-state index contributed by atoms with van der Waals surface area (Å²) in [4.78, 5) is 11.8. The van der Waals surface area contributed by atoms with Crippen LogP contribution in [0.5, 0.6) is 0 Å². The van der Waals surface area contributed by atoms with Crippen molar-refractivity contribution in [2.75, 3.05) is 13.1 Å². The molecule has 3 nitrogen and oxygen atoms in total. The first-order valence-electron chi connectivity index (χ1n) is 5.79. The molecule has 1 amide bonds. The second-order valence-corrected chi connectivity index (χ2v) is 4.72. The molecule has 0 radical (unpaired) electrons. The first-order valence-corrected chi connectivity index (χ1v) is 5.79. The van der Waals surface area contributed by atoms with E-state index in [1.54, 1.807) is 0 Å². The lowest BCUT2D eigenvalue weighted by Crippen LogP contribution is -2.36. The van der Waals surface area contributed by atoms with Crippen molar-refractivity contribution < 1.29 is 4.79 Å². The lowest BCUT2D eigenvalue weighted by molar-refractivity contribution is -0.126. The van der Waals surface area contributed by atoms with Crippen molar-refractivity contribution in [3.63, 3.8) is 0 Å². The fourth-order valence-electron chi connectivity index (χ4n) is 2.36. The van der Waals surface area contributed by atoms with Gasteiger partial charge in [-0.05, 0) is 44.1 Å². The number of hydrogen-bond donors (Lipinski definition) is 2. The molecule has 2 aliphatic rings. The number of rotatable bonds is 4. The molecular weight excluding hydrogens is 176 g/mol. The Balaban J connectivity index is 1.76. The van der Waals surface area contributed by atoms with E-state index in [2.05, 4.69) is 5.32 Å². The summed E-state index contributed by atoms with van der Waals surface area (Å²) in [7, 11) is 0. The number of carbonyl (C=O) groups is 1. The van der Waals surface area contributed by atoms with Crippen LogP contribution >= 0.6 is 0 Å². The molecule has 2 saturated carbocycles. The maximum Gasteiger partial charge on any atom is 0.223 e. The summed E-state index contributed by atoms with van der Waals surface area (Å²) in [5, 5.41) is 3.06. The first-order chi connectivity index (χ1) is 6.81. The minimum atomic E-state index is 0.207. The van der Waals surface area contributed by atoms with Crippen LogP contribution in [0.2, 0.25) is 0 Å². The Hall–Kier alpha value is -0.570. The van der Waals surface area contributed by atoms with Gasteiger partial charge in [0.05, 0.1) is 0 Å². The molecule has 2 atom stereocenters. The number of hydrogen-bond acceptors (Lipinski definition) is 2. The summed E-state index contributed by atoms with van der Waals surface area (Å²) in [6, 6.07) is 0. The van der Waals surface area contributed by atoms with E-state index in [0.29, 0.717) is 12.5 Å². The Morgan fingerprint density at radius 2 is 2.07 bits per heavy atom. The molecule has 0 heterocycles. The molecular formula is C11H20N2O. The van der Waals surface area contributed by atoms with E-state index in [1.165, 1.54) is 19.3 Å². The smallest absolute Gasteiger partial charge is 0.223 e. The number of amides is 1. The molecule has 0 aromatic heterocycles. The summed E-state index contributed by atoms with van der Waals surface area (Å²) in [5.41, 5.74) is 5.65. The third-order valence-electron chi connectivity index (χ3n) is 3.56. The normalized spacial score (nSPS) is 31.8. The predicted octanol–water partition coefficient (Wildman–Crippen LogP) is 0.888. The Labute approximate surface area is 85.4 Å². The topological polar surface area (TPSA) is 55.1 Å². The lowest BCUT2D eigenvalue weighted by Gasteiger charge is -2.17. The van der Waals surface area contributed by atoms with Gasteiger partial charge in [0.25, 0.3) is 0 Å². The van der Waals surface area contributed by atoms with Gasteiger partial charge in [-0.1, -0.05) is 6.42 Å². The van der Waals surface area contributed by atoms with Gasteiger partial charge in [0.15, 0.2) is 0 Å². The molecule has 0 spiro atoms. The van der Waals surface area contributed by atoms with Crippen LogP contribution in [0.25, 0.3) is 0 Å². The van der Waals surface area contributed by atoms with Crippen LogP contribution in [-0.4, -0.2) is 19.0 Å². The van der Waals surface area contributed by atoms with E-state index in [9.17, 15) is 4.79 Å². The molecule has 3 N–H and O–H groups in total. The number of nitrogens with two attached hydrogens (primary N) is 1. The molecule has 2 rings (SSSR count). The third-order valence-corrected chi connectivity index (χ3v) is 3.56. The second kappa shape index (κ2) is 4.30. The maximum atomic E-state index is 11.8. The summed E-state index contributed by atoms with van der Waals surface area (Å²) in [6.45, 7) is 1.56. The van der Waals surface area contributed by atoms with E-state index >= 15 is 0 Å². The minimum absolute atomic E-state index is 0.207. The van der Waals surface area contributed by atoms with Gasteiger partial charge in [-0.15, -0.1) is 0 Å². The van der Waals surface area contributed by atoms with E-state index < -0.39 is 0 Å². The van der Waals surface area contributed by atoms with Gasteiger partial charge in [0.1, 0.15) is 0 Å². The van der Waals surface area contributed by atoms with Crippen LogP contribution in [0.1, 0.15) is 32.1 Å². The zero-order valence-electron chi connectivity index (χ0n) is 8.67. The van der Waals surface area contributed by atoms with Crippen LogP contribution in [0.3, 0.4) is 0 Å². The lowest BCUT2D eigenvalue weighted by atomic mass is 9.95. The molecule has 2 unspecified atom stereocenters. The van der Waals surface area contributed by atoms with Crippen LogP contribution in [-0.2, 0) is 4.79 Å². The van der Waals surface area contributed by atoms with Gasteiger partial charge in [0.2, 0.25) is 5.91 Å². The van der Waals surface area contributed by atoms with E-state index in [-0.39, 0.29) is 11.8 Å². The minimum Gasteiger partial charge on any atom is -0.356 e. The van der Waals surface area contributed by atoms with Gasteiger partial charge >= 0.3 is 0 Å². The van der Waals surface area contributed by atoms with Crippen molar-refractivity contribution in [1.82, 2.24) is 5.32 Å². The Morgan fingerprint density at radius 1 is 1.29 bits per heavy atom. The van der Waals surface area contributed by atoms with E-state index in [4.69, 9.17) is 5.73 Å². The summed E-state index contributed by atoms with van der Waals surface area (Å²) in [6.07, 6.45) is 5.94. The number of nitrogens with one attached hydrogen (secondary N) is 1. The second-order valence-electron chi connectivity index (χ2n) is 4.72.